The van der Waals surface area contributed by atoms with Gasteiger partial charge in [0.1, 0.15) is 5.65 Å². The summed E-state index contributed by atoms with van der Waals surface area (Å²) in [5.41, 5.74) is 21.9. The van der Waals surface area contributed by atoms with Gasteiger partial charge in [-0.25, -0.2) is 4.79 Å². The number of nitrogens with two attached hydrogens (primary N) is 4. The molecule has 0 amide bonds. The molecule has 2 aromatic carbocycles. The maximum absolute atomic E-state index is 12.7. The van der Waals surface area contributed by atoms with E-state index >= 15 is 0 Å². The van der Waals surface area contributed by atoms with E-state index in [4.69, 9.17) is 22.9 Å². The summed E-state index contributed by atoms with van der Waals surface area (Å²) in [5.74, 6) is 0.178. The van der Waals surface area contributed by atoms with Crippen LogP contribution in [-0.4, -0.2) is 51.1 Å². The van der Waals surface area contributed by atoms with E-state index in [1.54, 1.807) is 16.7 Å². The van der Waals surface area contributed by atoms with Crippen LogP contribution in [0.4, 0.5) is 13.2 Å². The van der Waals surface area contributed by atoms with E-state index < -0.39 is 5.51 Å². The average Bonchev–Trinajstić information content (AvgIpc) is 3.46. The second kappa shape index (κ2) is 18.7. The van der Waals surface area contributed by atoms with Crippen LogP contribution in [-0.2, 0) is 17.3 Å². The number of halogens is 3. The first-order valence-electron chi connectivity index (χ1n) is 18.0. The van der Waals surface area contributed by atoms with E-state index in [-0.39, 0.29) is 57.2 Å². The van der Waals surface area contributed by atoms with Crippen LogP contribution >= 0.6 is 11.8 Å². The molecule has 0 saturated carbocycles. The number of H-pyrrole nitrogens is 1. The molecule has 2 aromatic heterocycles. The number of benzene rings is 2. The Kier molecular flexibility index (Phi) is 15.2. The largest absolute Gasteiger partial charge is 0.446 e. The van der Waals surface area contributed by atoms with Gasteiger partial charge >= 0.3 is 11.2 Å². The number of aromatic amines is 1. The zero-order chi connectivity index (χ0) is 40.4. The summed E-state index contributed by atoms with van der Waals surface area (Å²) in [7, 11) is 0. The third-order valence-corrected chi connectivity index (χ3v) is 9.29. The molecule has 0 radical (unpaired) electrons. The van der Waals surface area contributed by atoms with Gasteiger partial charge in [0, 0.05) is 40.2 Å². The first-order valence-corrected chi connectivity index (χ1v) is 18.8. The molecule has 0 aliphatic carbocycles. The smallest absolute Gasteiger partial charge is 0.370 e. The normalized spacial score (nSPS) is 13.2. The molecular formula is C39H57F3N10OS. The first kappa shape index (κ1) is 43.9. The number of aryl methyl sites for hydroxylation is 1. The van der Waals surface area contributed by atoms with Crippen molar-refractivity contribution in [2.75, 3.05) is 13.1 Å². The minimum Gasteiger partial charge on any atom is -0.370 e. The lowest BCUT2D eigenvalue weighted by Crippen LogP contribution is -2.24. The van der Waals surface area contributed by atoms with Gasteiger partial charge < -0.3 is 33.2 Å². The highest BCUT2D eigenvalue weighted by Crippen LogP contribution is 2.39. The highest BCUT2D eigenvalue weighted by molar-refractivity contribution is 8.00. The van der Waals surface area contributed by atoms with Gasteiger partial charge in [-0.1, -0.05) is 59.7 Å². The topological polar surface area (TPSA) is 192 Å². The fraction of sp³-hybridized carbons (Fsp3) is 0.487. The second-order valence-corrected chi connectivity index (χ2v) is 16.7. The molecule has 0 spiro atoms. The molecule has 0 aliphatic heterocycles. The van der Waals surface area contributed by atoms with Gasteiger partial charge in [0.15, 0.2) is 11.9 Å². The summed E-state index contributed by atoms with van der Waals surface area (Å²) < 4.78 is 39.7. The van der Waals surface area contributed by atoms with Crippen molar-refractivity contribution in [1.29, 1.82) is 0 Å². The molecule has 0 aliphatic rings. The van der Waals surface area contributed by atoms with Gasteiger partial charge in [0.2, 0.25) is 0 Å². The van der Waals surface area contributed by atoms with Crippen LogP contribution in [0.5, 0.6) is 0 Å². The number of thioether (sulfide) groups is 1. The lowest BCUT2D eigenvalue weighted by Gasteiger charge is -2.21. The van der Waals surface area contributed by atoms with Crippen LogP contribution in [0.15, 0.2) is 74.4 Å². The molecule has 15 heteroatoms. The fourth-order valence-electron chi connectivity index (χ4n) is 5.58. The molecule has 0 unspecified atom stereocenters. The molecule has 0 saturated heterocycles. The highest BCUT2D eigenvalue weighted by Gasteiger charge is 2.30. The number of hydrogen-bond acceptors (Lipinski definition) is 6. The number of nitrogens with one attached hydrogen (secondary N) is 2. The van der Waals surface area contributed by atoms with Crippen molar-refractivity contribution in [3.63, 3.8) is 0 Å². The van der Waals surface area contributed by atoms with E-state index in [9.17, 15) is 18.0 Å². The number of alkyl halides is 3. The Labute approximate surface area is 320 Å². The zero-order valence-corrected chi connectivity index (χ0v) is 33.5. The maximum atomic E-state index is 12.7. The van der Waals surface area contributed by atoms with Crippen molar-refractivity contribution in [2.45, 2.75) is 114 Å². The van der Waals surface area contributed by atoms with Crippen molar-refractivity contribution in [3.05, 3.63) is 87.6 Å². The van der Waals surface area contributed by atoms with Crippen molar-refractivity contribution in [2.24, 2.45) is 32.9 Å². The van der Waals surface area contributed by atoms with Gasteiger partial charge in [0.25, 0.3) is 0 Å². The number of nitrogens with zero attached hydrogens (tertiary/aromatic N) is 4. The zero-order valence-electron chi connectivity index (χ0n) is 32.6. The fourth-order valence-corrected chi connectivity index (χ4v) is 6.25. The van der Waals surface area contributed by atoms with Gasteiger partial charge in [-0.05, 0) is 110 Å². The first-order chi connectivity index (χ1) is 25.0. The maximum Gasteiger partial charge on any atom is 0.446 e. The van der Waals surface area contributed by atoms with E-state index in [1.165, 1.54) is 0 Å². The van der Waals surface area contributed by atoms with Crippen LogP contribution in [0.25, 0.3) is 16.7 Å². The predicted molar refractivity (Wildman–Crippen MR) is 217 cm³/mol. The SMILES string of the molecule is C[C@@H](CCCc1cc(SC(F)(F)F)cc(C(C)(C)C)c1)N=C(N)N.C[C@H](NCCCN=C(N)N)c1ccc(-n2cc3cc(C(C)(C)C)[nH]c3nc2=O)cc1. The van der Waals surface area contributed by atoms with Crippen LogP contribution in [0.2, 0.25) is 0 Å². The molecule has 0 fully saturated rings. The van der Waals surface area contributed by atoms with E-state index in [0.29, 0.717) is 18.6 Å². The van der Waals surface area contributed by atoms with Crippen molar-refractivity contribution in [3.8, 4) is 5.69 Å². The Morgan fingerprint density at radius 3 is 2.17 bits per heavy atom. The monoisotopic (exact) mass is 770 g/mol. The summed E-state index contributed by atoms with van der Waals surface area (Å²) in [6.07, 6.45) is 4.98. The second-order valence-electron chi connectivity index (χ2n) is 15.5. The molecule has 296 valence electrons. The van der Waals surface area contributed by atoms with Crippen LogP contribution in [0.1, 0.15) is 103 Å². The van der Waals surface area contributed by atoms with Crippen molar-refractivity contribution in [1.82, 2.24) is 19.9 Å². The molecule has 2 atom stereocenters. The molecular weight excluding hydrogens is 714 g/mol. The predicted octanol–water partition coefficient (Wildman–Crippen LogP) is 6.91. The quantitative estimate of drug-likeness (QED) is 0.0366. The Hall–Kier alpha value is -4.50. The standard InChI is InChI=1S/C22H31N7O.C17H26F3N3S/c1-14(25-10-5-11-26-20(23)24)15-6-8-17(9-7-15)29-13-16-12-18(22(2,3)4)27-19(16)28-21(29)30;1-11(23-15(21)22)6-5-7-12-8-13(16(2,3)4)10-14(9-12)24-17(18,19)20/h6-9,12-14,25H,5,10-11H2,1-4H3,(H4,23,24,26)(H,27,28,30);8-11H,5-7H2,1-4H3,(H4,21,22,23)/t14-;11-/m00/s1. The molecule has 4 rings (SSSR count). The Bertz CT molecular complexity index is 1930. The molecule has 4 aromatic rings. The minimum absolute atomic E-state index is 0.00446. The van der Waals surface area contributed by atoms with Gasteiger partial charge in [-0.15, -0.1) is 0 Å². The Morgan fingerprint density at radius 1 is 0.926 bits per heavy atom. The summed E-state index contributed by atoms with van der Waals surface area (Å²) in [6, 6.07) is 15.4. The number of hydrogen-bond donors (Lipinski definition) is 6. The Balaban J connectivity index is 0.000000299. The van der Waals surface area contributed by atoms with E-state index in [1.807, 2.05) is 64.2 Å². The number of fused-ring (bicyclic) bond motifs is 1. The highest BCUT2D eigenvalue weighted by atomic mass is 32.2. The molecule has 11 nitrogen and oxygen atoms in total. The number of guanidine groups is 2. The third-order valence-electron chi connectivity index (χ3n) is 8.59. The molecule has 10 N–H and O–H groups in total. The summed E-state index contributed by atoms with van der Waals surface area (Å²) in [5, 5.41) is 4.36. The lowest BCUT2D eigenvalue weighted by atomic mass is 9.85. The summed E-state index contributed by atoms with van der Waals surface area (Å²) >= 11 is -0.0615. The van der Waals surface area contributed by atoms with Crippen LogP contribution < -0.4 is 33.9 Å². The van der Waals surface area contributed by atoms with Gasteiger partial charge in [0.05, 0.1) is 11.7 Å². The van der Waals surface area contributed by atoms with E-state index in [0.717, 1.165) is 59.3 Å². The average molecular weight is 771 g/mol. The number of aliphatic imine (C=N–C) groups is 2. The van der Waals surface area contributed by atoms with Gasteiger partial charge in [-0.2, -0.15) is 18.2 Å². The summed E-state index contributed by atoms with van der Waals surface area (Å²) in [6.45, 7) is 17.8. The molecule has 0 bridgehead atoms. The summed E-state index contributed by atoms with van der Waals surface area (Å²) in [4.78, 5) is 28.3. The van der Waals surface area contributed by atoms with Crippen LogP contribution in [0, 0.1) is 0 Å². The molecule has 2 heterocycles. The van der Waals surface area contributed by atoms with Gasteiger partial charge in [-0.3, -0.25) is 14.6 Å². The lowest BCUT2D eigenvalue weighted by molar-refractivity contribution is -0.0328. The third kappa shape index (κ3) is 14.4. The minimum atomic E-state index is -4.28. The van der Waals surface area contributed by atoms with Crippen LogP contribution in [0.3, 0.4) is 0 Å². The van der Waals surface area contributed by atoms with Crippen molar-refractivity contribution >= 4 is 34.7 Å². The van der Waals surface area contributed by atoms with Crippen molar-refractivity contribution < 1.29 is 13.2 Å². The molecule has 54 heavy (non-hydrogen) atoms. The number of rotatable bonds is 13. The number of aromatic nitrogens is 3. The Morgan fingerprint density at radius 2 is 1.59 bits per heavy atom. The van der Waals surface area contributed by atoms with E-state index in [2.05, 4.69) is 59.0 Å².